The summed E-state index contributed by atoms with van der Waals surface area (Å²) in [6.45, 7) is 0. The highest BCUT2D eigenvalue weighted by Crippen LogP contribution is 2.35. The van der Waals surface area contributed by atoms with Gasteiger partial charge in [-0.1, -0.05) is 6.08 Å². The van der Waals surface area contributed by atoms with Gasteiger partial charge in [-0.3, -0.25) is 0 Å². The molecular formula is C9H9F6N. The number of alkyl halides is 6. The number of nitrogens with two attached hydrogens (primary N) is 1. The molecule has 0 aliphatic heterocycles. The molecule has 92 valence electrons. The molecule has 0 heterocycles. The van der Waals surface area contributed by atoms with Crippen LogP contribution in [0.15, 0.2) is 23.3 Å². The first-order valence-corrected chi connectivity index (χ1v) is 4.42. The molecule has 1 nitrogen and oxygen atoms in total. The van der Waals surface area contributed by atoms with Crippen LogP contribution in [0.1, 0.15) is 12.8 Å². The van der Waals surface area contributed by atoms with Gasteiger partial charge in [0.1, 0.15) is 6.04 Å². The highest BCUT2D eigenvalue weighted by Gasteiger charge is 2.41. The smallest absolute Gasteiger partial charge is 0.317 e. The van der Waals surface area contributed by atoms with Crippen molar-refractivity contribution < 1.29 is 26.3 Å². The van der Waals surface area contributed by atoms with Crippen LogP contribution in [-0.4, -0.2) is 18.4 Å². The molecule has 2 N–H and O–H groups in total. The van der Waals surface area contributed by atoms with Crippen LogP contribution in [0, 0.1) is 0 Å². The standard InChI is InChI=1S/C9H9F6N/c10-8(11,12)6-3-1-2-5(4-6)7(16)9(13,14)15/h3-4,7H,1-2,16H2. The first kappa shape index (κ1) is 13.1. The predicted molar refractivity (Wildman–Crippen MR) is 45.5 cm³/mol. The number of hydrogen-bond donors (Lipinski definition) is 1. The van der Waals surface area contributed by atoms with Gasteiger partial charge < -0.3 is 5.73 Å². The number of hydrogen-bond acceptors (Lipinski definition) is 1. The molecule has 0 fully saturated rings. The van der Waals surface area contributed by atoms with Crippen LogP contribution >= 0.6 is 0 Å². The van der Waals surface area contributed by atoms with Crippen molar-refractivity contribution in [1.29, 1.82) is 0 Å². The zero-order chi connectivity index (χ0) is 12.6. The molecule has 0 aromatic heterocycles. The van der Waals surface area contributed by atoms with Gasteiger partial charge in [0.2, 0.25) is 0 Å². The molecule has 1 atom stereocenters. The summed E-state index contributed by atoms with van der Waals surface area (Å²) in [6.07, 6.45) is -8.16. The molecule has 1 aliphatic rings. The maximum atomic E-state index is 12.2. The molecule has 0 saturated carbocycles. The van der Waals surface area contributed by atoms with E-state index in [9.17, 15) is 26.3 Å². The number of allylic oxidation sites excluding steroid dienone is 3. The summed E-state index contributed by atoms with van der Waals surface area (Å²) >= 11 is 0. The van der Waals surface area contributed by atoms with Crippen molar-refractivity contribution >= 4 is 0 Å². The second-order valence-electron chi connectivity index (χ2n) is 3.43. The molecule has 0 aromatic carbocycles. The number of rotatable bonds is 1. The quantitative estimate of drug-likeness (QED) is 0.706. The van der Waals surface area contributed by atoms with Gasteiger partial charge in [-0.15, -0.1) is 0 Å². The van der Waals surface area contributed by atoms with Crippen molar-refractivity contribution in [2.45, 2.75) is 31.2 Å². The van der Waals surface area contributed by atoms with Crippen LogP contribution in [0.3, 0.4) is 0 Å². The Hall–Kier alpha value is -0.980. The normalized spacial score (nSPS) is 20.2. The SMILES string of the molecule is NC(C1=CC(C(F)(F)F)=CCC1)C(F)(F)F. The topological polar surface area (TPSA) is 26.0 Å². The van der Waals surface area contributed by atoms with E-state index in [0.717, 1.165) is 6.08 Å². The lowest BCUT2D eigenvalue weighted by Crippen LogP contribution is -2.39. The summed E-state index contributed by atoms with van der Waals surface area (Å²) in [7, 11) is 0. The fraction of sp³-hybridized carbons (Fsp3) is 0.556. The maximum absolute atomic E-state index is 12.2. The first-order chi connectivity index (χ1) is 7.12. The Bertz CT molecular complexity index is 322. The summed E-state index contributed by atoms with van der Waals surface area (Å²) in [4.78, 5) is 0. The molecule has 0 amide bonds. The van der Waals surface area contributed by atoms with Gasteiger partial charge in [0, 0.05) is 0 Å². The Labute approximate surface area is 87.6 Å². The van der Waals surface area contributed by atoms with Gasteiger partial charge in [0.05, 0.1) is 5.57 Å². The van der Waals surface area contributed by atoms with Gasteiger partial charge in [0.25, 0.3) is 0 Å². The van der Waals surface area contributed by atoms with Gasteiger partial charge in [0.15, 0.2) is 0 Å². The van der Waals surface area contributed by atoms with E-state index in [0.29, 0.717) is 6.08 Å². The molecule has 0 aromatic rings. The van der Waals surface area contributed by atoms with E-state index >= 15 is 0 Å². The summed E-state index contributed by atoms with van der Waals surface area (Å²) in [5, 5.41) is 0. The van der Waals surface area contributed by atoms with Crippen molar-refractivity contribution in [1.82, 2.24) is 0 Å². The van der Waals surface area contributed by atoms with Crippen LogP contribution in [0.25, 0.3) is 0 Å². The van der Waals surface area contributed by atoms with Crippen molar-refractivity contribution in [3.8, 4) is 0 Å². The third kappa shape index (κ3) is 3.01. The van der Waals surface area contributed by atoms with Crippen molar-refractivity contribution in [3.63, 3.8) is 0 Å². The minimum atomic E-state index is -4.71. The van der Waals surface area contributed by atoms with E-state index in [1.54, 1.807) is 0 Å². The summed E-state index contributed by atoms with van der Waals surface area (Å²) in [5.74, 6) is 0. The van der Waals surface area contributed by atoms with Gasteiger partial charge in [-0.2, -0.15) is 26.3 Å². The molecule has 1 unspecified atom stereocenters. The maximum Gasteiger partial charge on any atom is 0.416 e. The van der Waals surface area contributed by atoms with Crippen LogP contribution in [-0.2, 0) is 0 Å². The van der Waals surface area contributed by atoms with Crippen molar-refractivity contribution in [3.05, 3.63) is 23.3 Å². The van der Waals surface area contributed by atoms with E-state index in [-0.39, 0.29) is 12.8 Å². The molecule has 0 spiro atoms. The van der Waals surface area contributed by atoms with E-state index in [1.807, 2.05) is 0 Å². The second-order valence-corrected chi connectivity index (χ2v) is 3.43. The van der Waals surface area contributed by atoms with Crippen molar-refractivity contribution in [2.24, 2.45) is 5.73 Å². The summed E-state index contributed by atoms with van der Waals surface area (Å²) < 4.78 is 73.3. The van der Waals surface area contributed by atoms with Gasteiger partial charge in [-0.05, 0) is 24.5 Å². The zero-order valence-corrected chi connectivity index (χ0v) is 7.99. The Morgan fingerprint density at radius 3 is 2.12 bits per heavy atom. The minimum absolute atomic E-state index is 0.0789. The van der Waals surface area contributed by atoms with E-state index in [2.05, 4.69) is 0 Å². The monoisotopic (exact) mass is 245 g/mol. The Balaban J connectivity index is 2.93. The lowest BCUT2D eigenvalue weighted by atomic mass is 9.94. The molecule has 0 radical (unpaired) electrons. The Kier molecular flexibility index (Phi) is 3.37. The Morgan fingerprint density at radius 2 is 1.69 bits per heavy atom. The molecule has 1 rings (SSSR count). The van der Waals surface area contributed by atoms with E-state index in [4.69, 9.17) is 5.73 Å². The molecule has 1 aliphatic carbocycles. The largest absolute Gasteiger partial charge is 0.416 e. The van der Waals surface area contributed by atoms with Gasteiger partial charge in [-0.25, -0.2) is 0 Å². The summed E-state index contributed by atoms with van der Waals surface area (Å²) in [6, 6.07) is -2.32. The van der Waals surface area contributed by atoms with E-state index < -0.39 is 29.5 Å². The number of halogens is 6. The second kappa shape index (κ2) is 4.12. The van der Waals surface area contributed by atoms with Gasteiger partial charge >= 0.3 is 12.4 Å². The van der Waals surface area contributed by atoms with Crippen molar-refractivity contribution in [2.75, 3.05) is 0 Å². The minimum Gasteiger partial charge on any atom is -0.317 e. The fourth-order valence-corrected chi connectivity index (χ4v) is 1.38. The third-order valence-electron chi connectivity index (χ3n) is 2.22. The molecule has 16 heavy (non-hydrogen) atoms. The highest BCUT2D eigenvalue weighted by atomic mass is 19.4. The van der Waals surface area contributed by atoms with E-state index in [1.165, 1.54) is 0 Å². The highest BCUT2D eigenvalue weighted by molar-refractivity contribution is 5.34. The molecule has 0 bridgehead atoms. The lowest BCUT2D eigenvalue weighted by Gasteiger charge is -2.22. The van der Waals surface area contributed by atoms with Crippen LogP contribution in [0.5, 0.6) is 0 Å². The third-order valence-corrected chi connectivity index (χ3v) is 2.22. The summed E-state index contributed by atoms with van der Waals surface area (Å²) in [5.41, 5.74) is 3.35. The lowest BCUT2D eigenvalue weighted by molar-refractivity contribution is -0.140. The zero-order valence-electron chi connectivity index (χ0n) is 7.99. The average Bonchev–Trinajstić information content (AvgIpc) is 2.14. The molecule has 7 heteroatoms. The van der Waals surface area contributed by atoms with Crippen LogP contribution in [0.4, 0.5) is 26.3 Å². The Morgan fingerprint density at radius 1 is 1.12 bits per heavy atom. The molecule has 0 saturated heterocycles. The van der Waals surface area contributed by atoms with Crippen LogP contribution in [0.2, 0.25) is 0 Å². The first-order valence-electron chi connectivity index (χ1n) is 4.42. The average molecular weight is 245 g/mol. The fourth-order valence-electron chi connectivity index (χ4n) is 1.38. The molecular weight excluding hydrogens is 236 g/mol. The van der Waals surface area contributed by atoms with Crippen LogP contribution < -0.4 is 5.73 Å². The predicted octanol–water partition coefficient (Wildman–Crippen LogP) is 3.08.